The van der Waals surface area contributed by atoms with E-state index in [9.17, 15) is 0 Å². The Bertz CT molecular complexity index is 3450. The normalized spacial score (nSPS) is 15.5. The summed E-state index contributed by atoms with van der Waals surface area (Å²) in [5.74, 6) is 0. The van der Waals surface area contributed by atoms with E-state index in [4.69, 9.17) is 4.42 Å². The predicted octanol–water partition coefficient (Wildman–Crippen LogP) is 14.2. The predicted molar refractivity (Wildman–Crippen MR) is 225 cm³/mol. The van der Waals surface area contributed by atoms with Crippen molar-refractivity contribution in [3.63, 3.8) is 0 Å². The summed E-state index contributed by atoms with van der Waals surface area (Å²) in [6.45, 7) is 0. The van der Waals surface area contributed by atoms with Gasteiger partial charge in [0.25, 0.3) is 0 Å². The van der Waals surface area contributed by atoms with Gasteiger partial charge >= 0.3 is 0 Å². The first-order valence-electron chi connectivity index (χ1n) is 18.8. The Balaban J connectivity index is 1.22. The van der Waals surface area contributed by atoms with Crippen LogP contribution >= 0.6 is 0 Å². The molecule has 1 heteroatoms. The minimum absolute atomic E-state index is 0.558. The van der Waals surface area contributed by atoms with Crippen LogP contribution in [0, 0.1) is 0 Å². The summed E-state index contributed by atoms with van der Waals surface area (Å²) in [7, 11) is 0. The van der Waals surface area contributed by atoms with Gasteiger partial charge in [-0.15, -0.1) is 0 Å². The average molecular weight is 683 g/mol. The summed E-state index contributed by atoms with van der Waals surface area (Å²) < 4.78 is 6.69. The van der Waals surface area contributed by atoms with Crippen LogP contribution in [0.3, 0.4) is 0 Å². The quantitative estimate of drug-likeness (QED) is 0.157. The Hall–Kier alpha value is -6.96. The molecular formula is C53H30O. The molecule has 0 amide bonds. The van der Waals surface area contributed by atoms with Crippen LogP contribution in [-0.4, -0.2) is 0 Å². The molecule has 248 valence electrons. The summed E-state index contributed by atoms with van der Waals surface area (Å²) in [6.07, 6.45) is 0. The van der Waals surface area contributed by atoms with Crippen LogP contribution in [-0.2, 0) is 5.41 Å². The molecule has 54 heavy (non-hydrogen) atoms. The van der Waals surface area contributed by atoms with E-state index in [0.717, 1.165) is 27.3 Å². The first-order valence-corrected chi connectivity index (χ1v) is 18.8. The van der Waals surface area contributed by atoms with Crippen molar-refractivity contribution >= 4 is 65.0 Å². The van der Waals surface area contributed by atoms with Gasteiger partial charge in [-0.05, 0) is 112 Å². The Labute approximate surface area is 311 Å². The Morgan fingerprint density at radius 2 is 0.981 bits per heavy atom. The summed E-state index contributed by atoms with van der Waals surface area (Å²) in [5, 5.41) is 12.5. The second-order valence-electron chi connectivity index (χ2n) is 15.1. The van der Waals surface area contributed by atoms with E-state index < -0.39 is 5.41 Å². The molecule has 1 atom stereocenters. The molecule has 1 nitrogen and oxygen atoms in total. The molecule has 2 aliphatic carbocycles. The smallest absolute Gasteiger partial charge is 0.143 e. The molecule has 10 aromatic carbocycles. The van der Waals surface area contributed by atoms with Crippen molar-refractivity contribution in [3.05, 3.63) is 204 Å². The van der Waals surface area contributed by atoms with Gasteiger partial charge in [0, 0.05) is 16.2 Å². The van der Waals surface area contributed by atoms with E-state index in [2.05, 4.69) is 182 Å². The first kappa shape index (κ1) is 28.6. The van der Waals surface area contributed by atoms with Crippen molar-refractivity contribution in [2.24, 2.45) is 0 Å². The highest BCUT2D eigenvalue weighted by Crippen LogP contribution is 2.64. The molecule has 1 aromatic heterocycles. The largest absolute Gasteiger partial charge is 0.455 e. The van der Waals surface area contributed by atoms with Crippen LogP contribution in [0.5, 0.6) is 0 Å². The molecule has 0 aliphatic heterocycles. The maximum absolute atomic E-state index is 6.69. The van der Waals surface area contributed by atoms with Crippen LogP contribution < -0.4 is 0 Å². The van der Waals surface area contributed by atoms with E-state index in [1.807, 2.05) is 0 Å². The second kappa shape index (κ2) is 10.1. The van der Waals surface area contributed by atoms with E-state index in [1.54, 1.807) is 0 Å². The zero-order valence-corrected chi connectivity index (χ0v) is 29.2. The number of furan rings is 1. The summed E-state index contributed by atoms with van der Waals surface area (Å²) >= 11 is 0. The number of hydrogen-bond acceptors (Lipinski definition) is 1. The molecule has 13 rings (SSSR count). The van der Waals surface area contributed by atoms with Crippen molar-refractivity contribution in [1.82, 2.24) is 0 Å². The van der Waals surface area contributed by atoms with E-state index in [-0.39, 0.29) is 0 Å². The molecule has 1 spiro atoms. The van der Waals surface area contributed by atoms with Crippen molar-refractivity contribution in [2.45, 2.75) is 5.41 Å². The fourth-order valence-electron chi connectivity index (χ4n) is 10.6. The van der Waals surface area contributed by atoms with Gasteiger partial charge < -0.3 is 4.42 Å². The molecule has 0 saturated heterocycles. The Kier molecular flexibility index (Phi) is 5.36. The van der Waals surface area contributed by atoms with Gasteiger partial charge in [-0.2, -0.15) is 0 Å². The van der Waals surface area contributed by atoms with Crippen molar-refractivity contribution < 1.29 is 4.42 Å². The molecule has 1 heterocycles. The number of benzene rings is 10. The van der Waals surface area contributed by atoms with Crippen molar-refractivity contribution in [3.8, 4) is 33.4 Å². The third-order valence-electron chi connectivity index (χ3n) is 12.6. The molecule has 0 N–H and O–H groups in total. The monoisotopic (exact) mass is 682 g/mol. The third kappa shape index (κ3) is 3.37. The molecule has 0 saturated carbocycles. The van der Waals surface area contributed by atoms with E-state index in [0.29, 0.717) is 0 Å². The SMILES string of the molecule is c1ccc2c(c1)-c1ccc(-c3cccc4oc5c6ccccc6ccc5c34)cc1C21c2c(c3ccccc3c3ccccc23)-c2cccc3cccc1c23. The lowest BCUT2D eigenvalue weighted by Gasteiger charge is -2.41. The van der Waals surface area contributed by atoms with Crippen LogP contribution in [0.1, 0.15) is 22.3 Å². The lowest BCUT2D eigenvalue weighted by Crippen LogP contribution is -2.32. The minimum Gasteiger partial charge on any atom is -0.455 e. The van der Waals surface area contributed by atoms with Gasteiger partial charge in [0.2, 0.25) is 0 Å². The van der Waals surface area contributed by atoms with Crippen LogP contribution in [0.15, 0.2) is 186 Å². The standard InChI is InChI=1S/C53H30O/c1-2-15-35-31(12-1)26-29-43-49-34(21-11-25-47(49)54-52(35)43)33-27-28-39-38-18-7-8-23-44(38)53(46(39)30-33)45-24-10-14-32-13-9-22-42(48(32)45)50-40-19-5-3-16-36(40)37-17-4-6-20-41(37)51(50)53/h1-30H. The molecule has 0 fully saturated rings. The molecule has 0 radical (unpaired) electrons. The van der Waals surface area contributed by atoms with Gasteiger partial charge in [0.1, 0.15) is 11.2 Å². The second-order valence-corrected chi connectivity index (χ2v) is 15.1. The zero-order chi connectivity index (χ0) is 35.1. The number of rotatable bonds is 1. The summed E-state index contributed by atoms with van der Waals surface area (Å²) in [6, 6.07) is 67.9. The van der Waals surface area contributed by atoms with Crippen LogP contribution in [0.2, 0.25) is 0 Å². The maximum Gasteiger partial charge on any atom is 0.143 e. The summed E-state index contributed by atoms with van der Waals surface area (Å²) in [4.78, 5) is 0. The van der Waals surface area contributed by atoms with E-state index in [1.165, 1.54) is 93.3 Å². The van der Waals surface area contributed by atoms with Gasteiger partial charge in [0.05, 0.1) is 5.41 Å². The maximum atomic E-state index is 6.69. The minimum atomic E-state index is -0.558. The third-order valence-corrected chi connectivity index (χ3v) is 12.6. The molecular weight excluding hydrogens is 653 g/mol. The molecule has 2 aliphatic rings. The highest BCUT2D eigenvalue weighted by molar-refractivity contribution is 6.23. The zero-order valence-electron chi connectivity index (χ0n) is 29.2. The molecule has 0 bridgehead atoms. The van der Waals surface area contributed by atoms with Crippen molar-refractivity contribution in [1.29, 1.82) is 0 Å². The lowest BCUT2D eigenvalue weighted by molar-refractivity contribution is 0.673. The highest BCUT2D eigenvalue weighted by atomic mass is 16.3. The average Bonchev–Trinajstić information content (AvgIpc) is 3.76. The molecule has 1 unspecified atom stereocenters. The van der Waals surface area contributed by atoms with Crippen LogP contribution in [0.25, 0.3) is 98.4 Å². The Morgan fingerprint density at radius 3 is 1.87 bits per heavy atom. The van der Waals surface area contributed by atoms with Crippen LogP contribution in [0.4, 0.5) is 0 Å². The topological polar surface area (TPSA) is 13.1 Å². The van der Waals surface area contributed by atoms with Gasteiger partial charge in [-0.3, -0.25) is 0 Å². The first-order chi connectivity index (χ1) is 26.8. The lowest BCUT2D eigenvalue weighted by atomic mass is 9.59. The van der Waals surface area contributed by atoms with Gasteiger partial charge in [-0.25, -0.2) is 0 Å². The fraction of sp³-hybridized carbons (Fsp3) is 0.0189. The van der Waals surface area contributed by atoms with Gasteiger partial charge in [-0.1, -0.05) is 164 Å². The number of hydrogen-bond donors (Lipinski definition) is 0. The van der Waals surface area contributed by atoms with E-state index >= 15 is 0 Å². The highest BCUT2D eigenvalue weighted by Gasteiger charge is 2.51. The molecule has 11 aromatic rings. The summed E-state index contributed by atoms with van der Waals surface area (Å²) in [5.41, 5.74) is 14.4. The Morgan fingerprint density at radius 1 is 0.352 bits per heavy atom. The fourth-order valence-corrected chi connectivity index (χ4v) is 10.6. The number of fused-ring (bicyclic) bond motifs is 19. The van der Waals surface area contributed by atoms with Gasteiger partial charge in [0.15, 0.2) is 0 Å². The van der Waals surface area contributed by atoms with Crippen molar-refractivity contribution in [2.75, 3.05) is 0 Å².